The molecule has 0 aliphatic heterocycles. The molecule has 1 rings (SSSR count). The Morgan fingerprint density at radius 3 is 2.90 bits per heavy atom. The van der Waals surface area contributed by atoms with Gasteiger partial charge in [0.1, 0.15) is 5.82 Å². The lowest BCUT2D eigenvalue weighted by molar-refractivity contribution is 1.25. The molecule has 0 amide bonds. The molecule has 0 fully saturated rings. The topological polar surface area (TPSA) is 38.9 Å². The molecule has 0 spiro atoms. The Morgan fingerprint density at radius 2 is 2.40 bits per heavy atom. The van der Waals surface area contributed by atoms with Crippen LogP contribution in [0, 0.1) is 3.57 Å². The minimum atomic E-state index is 0.609. The average molecular weight is 313 g/mol. The first-order valence-electron chi connectivity index (χ1n) is 2.70. The van der Waals surface area contributed by atoms with Crippen LogP contribution in [-0.2, 0) is 5.33 Å². The van der Waals surface area contributed by atoms with E-state index in [0.717, 1.165) is 14.5 Å². The Kier molecular flexibility index (Phi) is 2.91. The van der Waals surface area contributed by atoms with Gasteiger partial charge in [0, 0.05) is 20.7 Å². The molecule has 10 heavy (non-hydrogen) atoms. The second-order valence-corrected chi connectivity index (χ2v) is 3.64. The van der Waals surface area contributed by atoms with E-state index in [9.17, 15) is 0 Å². The minimum Gasteiger partial charge on any atom is -0.383 e. The number of alkyl halides is 1. The second-order valence-electron chi connectivity index (χ2n) is 1.83. The highest BCUT2D eigenvalue weighted by Gasteiger charge is 1.97. The van der Waals surface area contributed by atoms with Gasteiger partial charge < -0.3 is 5.73 Å². The van der Waals surface area contributed by atoms with Crippen LogP contribution in [0.25, 0.3) is 0 Å². The fourth-order valence-corrected chi connectivity index (χ4v) is 1.56. The molecule has 0 bridgehead atoms. The van der Waals surface area contributed by atoms with Crippen molar-refractivity contribution in [1.29, 1.82) is 0 Å². The predicted molar refractivity (Wildman–Crippen MR) is 54.0 cm³/mol. The molecule has 0 radical (unpaired) electrons. The summed E-state index contributed by atoms with van der Waals surface area (Å²) in [4.78, 5) is 3.99. The number of rotatable bonds is 1. The smallest absolute Gasteiger partial charge is 0.127 e. The Bertz CT molecular complexity index is 239. The number of halogens is 2. The summed E-state index contributed by atoms with van der Waals surface area (Å²) in [7, 11) is 0. The fourth-order valence-electron chi connectivity index (χ4n) is 0.599. The van der Waals surface area contributed by atoms with Crippen LogP contribution >= 0.6 is 38.5 Å². The third-order valence-corrected chi connectivity index (χ3v) is 2.31. The highest BCUT2D eigenvalue weighted by atomic mass is 127. The molecule has 0 atom stereocenters. The number of aromatic nitrogens is 1. The van der Waals surface area contributed by atoms with Crippen molar-refractivity contribution in [3.63, 3.8) is 0 Å². The minimum absolute atomic E-state index is 0.609. The summed E-state index contributed by atoms with van der Waals surface area (Å²) in [6, 6.07) is 2.01. The van der Waals surface area contributed by atoms with Crippen molar-refractivity contribution in [3.8, 4) is 0 Å². The number of nitrogens with zero attached hydrogens (tertiary/aromatic N) is 1. The van der Waals surface area contributed by atoms with Gasteiger partial charge in [-0.15, -0.1) is 0 Å². The van der Waals surface area contributed by atoms with E-state index in [0.29, 0.717) is 5.82 Å². The zero-order valence-electron chi connectivity index (χ0n) is 5.14. The monoisotopic (exact) mass is 312 g/mol. The van der Waals surface area contributed by atoms with Gasteiger partial charge in [-0.1, -0.05) is 15.9 Å². The fraction of sp³-hybridized carbons (Fsp3) is 0.167. The lowest BCUT2D eigenvalue weighted by Crippen LogP contribution is -1.95. The maximum atomic E-state index is 5.56. The zero-order valence-corrected chi connectivity index (χ0v) is 8.89. The summed E-state index contributed by atoms with van der Waals surface area (Å²) in [6.07, 6.45) is 1.75. The molecule has 1 aromatic rings. The molecule has 54 valence electrons. The molecule has 0 aromatic carbocycles. The molecule has 0 aliphatic carbocycles. The van der Waals surface area contributed by atoms with Crippen LogP contribution in [0.3, 0.4) is 0 Å². The van der Waals surface area contributed by atoms with Crippen molar-refractivity contribution in [1.82, 2.24) is 4.98 Å². The van der Waals surface area contributed by atoms with E-state index >= 15 is 0 Å². The SMILES string of the molecule is Nc1ncc(I)cc1CBr. The quantitative estimate of drug-likeness (QED) is 0.637. The predicted octanol–water partition coefficient (Wildman–Crippen LogP) is 2.16. The normalized spacial score (nSPS) is 9.80. The lowest BCUT2D eigenvalue weighted by atomic mass is 10.3. The van der Waals surface area contributed by atoms with E-state index in [4.69, 9.17) is 5.73 Å². The Morgan fingerprint density at radius 1 is 1.70 bits per heavy atom. The Labute approximate surface area is 81.5 Å². The van der Waals surface area contributed by atoms with Gasteiger partial charge in [0.2, 0.25) is 0 Å². The largest absolute Gasteiger partial charge is 0.383 e. The Hall–Kier alpha value is 0.160. The molecule has 2 nitrogen and oxygen atoms in total. The number of pyridine rings is 1. The van der Waals surface area contributed by atoms with E-state index in [1.807, 2.05) is 6.07 Å². The van der Waals surface area contributed by atoms with Crippen LogP contribution in [0.5, 0.6) is 0 Å². The molecular formula is C6H6BrIN2. The van der Waals surface area contributed by atoms with Gasteiger partial charge in [-0.2, -0.15) is 0 Å². The third-order valence-electron chi connectivity index (χ3n) is 1.11. The number of hydrogen-bond acceptors (Lipinski definition) is 2. The van der Waals surface area contributed by atoms with Crippen molar-refractivity contribution < 1.29 is 0 Å². The summed E-state index contributed by atoms with van der Waals surface area (Å²) in [5.41, 5.74) is 6.60. The van der Waals surface area contributed by atoms with E-state index < -0.39 is 0 Å². The summed E-state index contributed by atoms with van der Waals surface area (Å²) in [6.45, 7) is 0. The second kappa shape index (κ2) is 3.52. The van der Waals surface area contributed by atoms with Gasteiger partial charge in [-0.25, -0.2) is 4.98 Å². The maximum Gasteiger partial charge on any atom is 0.127 e. The van der Waals surface area contributed by atoms with Gasteiger partial charge in [-0.05, 0) is 28.7 Å². The first-order chi connectivity index (χ1) is 4.74. The van der Waals surface area contributed by atoms with Crippen molar-refractivity contribution in [2.45, 2.75) is 5.33 Å². The number of nitrogen functional groups attached to an aromatic ring is 1. The zero-order chi connectivity index (χ0) is 7.56. The molecule has 2 N–H and O–H groups in total. The van der Waals surface area contributed by atoms with Gasteiger partial charge >= 0.3 is 0 Å². The van der Waals surface area contributed by atoms with Gasteiger partial charge in [0.15, 0.2) is 0 Å². The van der Waals surface area contributed by atoms with Crippen LogP contribution in [0.1, 0.15) is 5.56 Å². The molecule has 1 aromatic heterocycles. The summed E-state index contributed by atoms with van der Waals surface area (Å²) in [5, 5.41) is 0.767. The van der Waals surface area contributed by atoms with Gasteiger partial charge in [0.25, 0.3) is 0 Å². The summed E-state index contributed by atoms with van der Waals surface area (Å²) in [5.74, 6) is 0.609. The van der Waals surface area contributed by atoms with E-state index in [1.165, 1.54) is 0 Å². The first-order valence-corrected chi connectivity index (χ1v) is 4.90. The van der Waals surface area contributed by atoms with E-state index in [2.05, 4.69) is 43.5 Å². The first kappa shape index (κ1) is 8.26. The van der Waals surface area contributed by atoms with Crippen LogP contribution in [0.4, 0.5) is 5.82 Å². The highest BCUT2D eigenvalue weighted by molar-refractivity contribution is 14.1. The summed E-state index contributed by atoms with van der Waals surface area (Å²) >= 11 is 5.53. The molecule has 0 saturated carbocycles. The van der Waals surface area contributed by atoms with Crippen LogP contribution < -0.4 is 5.73 Å². The van der Waals surface area contributed by atoms with Crippen molar-refractivity contribution in [3.05, 3.63) is 21.4 Å². The summed E-state index contributed by atoms with van der Waals surface area (Å²) < 4.78 is 1.11. The van der Waals surface area contributed by atoms with Crippen molar-refractivity contribution >= 4 is 44.3 Å². The number of hydrogen-bond donors (Lipinski definition) is 1. The average Bonchev–Trinajstić information content (AvgIpc) is 1.94. The van der Waals surface area contributed by atoms with Crippen molar-refractivity contribution in [2.75, 3.05) is 5.73 Å². The van der Waals surface area contributed by atoms with Crippen LogP contribution in [0.15, 0.2) is 12.3 Å². The molecule has 4 heteroatoms. The van der Waals surface area contributed by atoms with Crippen LogP contribution in [0.2, 0.25) is 0 Å². The lowest BCUT2D eigenvalue weighted by Gasteiger charge is -1.99. The molecule has 0 saturated heterocycles. The van der Waals surface area contributed by atoms with E-state index in [1.54, 1.807) is 6.20 Å². The highest BCUT2D eigenvalue weighted by Crippen LogP contribution is 2.14. The van der Waals surface area contributed by atoms with Gasteiger partial charge in [0.05, 0.1) is 0 Å². The third kappa shape index (κ3) is 1.82. The van der Waals surface area contributed by atoms with Gasteiger partial charge in [-0.3, -0.25) is 0 Å². The van der Waals surface area contributed by atoms with Crippen molar-refractivity contribution in [2.24, 2.45) is 0 Å². The molecule has 0 aliphatic rings. The van der Waals surface area contributed by atoms with Crippen LogP contribution in [-0.4, -0.2) is 4.98 Å². The van der Waals surface area contributed by atoms with E-state index in [-0.39, 0.29) is 0 Å². The number of anilines is 1. The maximum absolute atomic E-state index is 5.56. The molecule has 1 heterocycles. The molecular weight excluding hydrogens is 307 g/mol. The number of nitrogens with two attached hydrogens (primary N) is 1. The Balaban J connectivity index is 3.09. The standard InChI is InChI=1S/C6H6BrIN2/c7-2-4-1-5(8)3-10-6(4)9/h1,3H,2H2,(H2,9,10). The molecule has 0 unspecified atom stereocenters.